The van der Waals surface area contributed by atoms with Gasteiger partial charge in [0.1, 0.15) is 0 Å². The topological polar surface area (TPSA) is 33.2 Å². The summed E-state index contributed by atoms with van der Waals surface area (Å²) in [4.78, 5) is 19.4. The Balaban J connectivity index is 1.56. The van der Waals surface area contributed by atoms with Gasteiger partial charge in [0.15, 0.2) is 0 Å². The van der Waals surface area contributed by atoms with Crippen molar-refractivity contribution in [2.45, 2.75) is 18.8 Å². The third-order valence-corrected chi connectivity index (χ3v) is 5.59. The van der Waals surface area contributed by atoms with Gasteiger partial charge in [-0.3, -0.25) is 4.79 Å². The number of aromatic nitrogens is 1. The van der Waals surface area contributed by atoms with Gasteiger partial charge in [-0.15, -0.1) is 11.3 Å². The predicted molar refractivity (Wildman–Crippen MR) is 93.9 cm³/mol. The van der Waals surface area contributed by atoms with E-state index in [9.17, 15) is 4.79 Å². The summed E-state index contributed by atoms with van der Waals surface area (Å²) in [6, 6.07) is 17.8. The Labute approximate surface area is 139 Å². The maximum atomic E-state index is 12.7. The van der Waals surface area contributed by atoms with E-state index >= 15 is 0 Å². The Bertz CT molecular complexity index is 795. The number of fused-ring (bicyclic) bond motifs is 1. The molecule has 1 atom stereocenters. The van der Waals surface area contributed by atoms with E-state index in [0.717, 1.165) is 42.0 Å². The Morgan fingerprint density at radius 2 is 1.87 bits per heavy atom. The van der Waals surface area contributed by atoms with E-state index in [0.29, 0.717) is 5.92 Å². The minimum atomic E-state index is 0.136. The summed E-state index contributed by atoms with van der Waals surface area (Å²) in [5.74, 6) is 0.491. The largest absolute Gasteiger partial charge is 0.338 e. The van der Waals surface area contributed by atoms with Crippen LogP contribution >= 0.6 is 11.3 Å². The van der Waals surface area contributed by atoms with Crippen molar-refractivity contribution in [3.05, 3.63) is 65.2 Å². The SMILES string of the molecule is O=C(c1ccccc1)N1CCCC(c2nc3ccccc3s2)C1. The van der Waals surface area contributed by atoms with Gasteiger partial charge >= 0.3 is 0 Å². The van der Waals surface area contributed by atoms with Crippen molar-refractivity contribution in [1.29, 1.82) is 0 Å². The van der Waals surface area contributed by atoms with Crippen molar-refractivity contribution in [3.8, 4) is 0 Å². The second kappa shape index (κ2) is 6.13. The molecule has 1 amide bonds. The van der Waals surface area contributed by atoms with Crippen LogP contribution in [0.4, 0.5) is 0 Å². The monoisotopic (exact) mass is 322 g/mol. The minimum absolute atomic E-state index is 0.136. The molecule has 4 heteroatoms. The molecular weight excluding hydrogens is 304 g/mol. The molecule has 1 unspecified atom stereocenters. The molecule has 1 aliphatic heterocycles. The lowest BCUT2D eigenvalue weighted by Crippen LogP contribution is -2.39. The van der Waals surface area contributed by atoms with Gasteiger partial charge in [0, 0.05) is 24.6 Å². The van der Waals surface area contributed by atoms with E-state index in [1.165, 1.54) is 4.70 Å². The van der Waals surface area contributed by atoms with E-state index in [1.807, 2.05) is 41.3 Å². The summed E-state index contributed by atoms with van der Waals surface area (Å²) in [7, 11) is 0. The minimum Gasteiger partial charge on any atom is -0.338 e. The number of piperidine rings is 1. The van der Waals surface area contributed by atoms with Crippen LogP contribution in [-0.4, -0.2) is 28.9 Å². The number of rotatable bonds is 2. The summed E-state index contributed by atoms with van der Waals surface area (Å²) < 4.78 is 1.23. The lowest BCUT2D eigenvalue weighted by molar-refractivity contribution is 0.0707. The van der Waals surface area contributed by atoms with Crippen molar-refractivity contribution in [3.63, 3.8) is 0 Å². The number of hydrogen-bond acceptors (Lipinski definition) is 3. The Morgan fingerprint density at radius 1 is 1.09 bits per heavy atom. The molecule has 3 nitrogen and oxygen atoms in total. The predicted octanol–water partition coefficient (Wildman–Crippen LogP) is 4.32. The highest BCUT2D eigenvalue weighted by molar-refractivity contribution is 7.18. The molecule has 0 radical (unpaired) electrons. The molecule has 116 valence electrons. The van der Waals surface area contributed by atoms with Crippen molar-refractivity contribution < 1.29 is 4.79 Å². The second-order valence-corrected chi connectivity index (χ2v) is 7.04. The van der Waals surface area contributed by atoms with Gasteiger partial charge in [0.25, 0.3) is 5.91 Å². The second-order valence-electron chi connectivity index (χ2n) is 5.98. The fourth-order valence-electron chi connectivity index (χ4n) is 3.19. The van der Waals surface area contributed by atoms with Crippen LogP contribution < -0.4 is 0 Å². The first kappa shape index (κ1) is 14.4. The van der Waals surface area contributed by atoms with Gasteiger partial charge in [-0.1, -0.05) is 30.3 Å². The number of hydrogen-bond donors (Lipinski definition) is 0. The fraction of sp³-hybridized carbons (Fsp3) is 0.263. The first-order valence-electron chi connectivity index (χ1n) is 8.01. The Kier molecular flexibility index (Phi) is 3.83. The molecule has 1 fully saturated rings. The maximum absolute atomic E-state index is 12.7. The van der Waals surface area contributed by atoms with Crippen LogP contribution in [0, 0.1) is 0 Å². The van der Waals surface area contributed by atoms with Crippen LogP contribution in [0.15, 0.2) is 54.6 Å². The van der Waals surface area contributed by atoms with Crippen molar-refractivity contribution in [2.75, 3.05) is 13.1 Å². The number of thiazole rings is 1. The smallest absolute Gasteiger partial charge is 0.253 e. The molecule has 0 saturated carbocycles. The lowest BCUT2D eigenvalue weighted by Gasteiger charge is -2.31. The van der Waals surface area contributed by atoms with Gasteiger partial charge in [-0.25, -0.2) is 4.98 Å². The first-order chi connectivity index (χ1) is 11.3. The molecule has 0 N–H and O–H groups in total. The molecule has 2 aromatic carbocycles. The van der Waals surface area contributed by atoms with E-state index in [1.54, 1.807) is 11.3 Å². The lowest BCUT2D eigenvalue weighted by atomic mass is 9.98. The van der Waals surface area contributed by atoms with Gasteiger partial charge in [0.2, 0.25) is 0 Å². The Hall–Kier alpha value is -2.20. The maximum Gasteiger partial charge on any atom is 0.253 e. The molecular formula is C19H18N2OS. The summed E-state index contributed by atoms with van der Waals surface area (Å²) in [6.07, 6.45) is 2.15. The van der Waals surface area contributed by atoms with E-state index < -0.39 is 0 Å². The van der Waals surface area contributed by atoms with Crippen LogP contribution in [0.5, 0.6) is 0 Å². The van der Waals surface area contributed by atoms with Gasteiger partial charge < -0.3 is 4.90 Å². The number of para-hydroxylation sites is 1. The normalized spacial score (nSPS) is 18.3. The highest BCUT2D eigenvalue weighted by Gasteiger charge is 2.27. The third kappa shape index (κ3) is 2.86. The van der Waals surface area contributed by atoms with Crippen LogP contribution in [0.2, 0.25) is 0 Å². The molecule has 4 rings (SSSR count). The Morgan fingerprint density at radius 3 is 2.70 bits per heavy atom. The zero-order valence-corrected chi connectivity index (χ0v) is 13.6. The zero-order chi connectivity index (χ0) is 15.6. The van der Waals surface area contributed by atoms with Crippen molar-refractivity contribution in [2.24, 2.45) is 0 Å². The highest BCUT2D eigenvalue weighted by Crippen LogP contribution is 2.33. The molecule has 1 saturated heterocycles. The number of benzene rings is 2. The number of amides is 1. The summed E-state index contributed by atoms with van der Waals surface area (Å²) >= 11 is 1.76. The standard InChI is InChI=1S/C19H18N2OS/c22-19(14-7-2-1-3-8-14)21-12-6-9-15(13-21)18-20-16-10-4-5-11-17(16)23-18/h1-5,7-8,10-11,15H,6,9,12-13H2. The average molecular weight is 322 g/mol. The molecule has 0 aliphatic carbocycles. The third-order valence-electron chi connectivity index (χ3n) is 4.39. The van der Waals surface area contributed by atoms with Crippen LogP contribution in [0.3, 0.4) is 0 Å². The van der Waals surface area contributed by atoms with Crippen LogP contribution in [0.25, 0.3) is 10.2 Å². The van der Waals surface area contributed by atoms with Crippen LogP contribution in [-0.2, 0) is 0 Å². The molecule has 3 aromatic rings. The molecule has 0 bridgehead atoms. The quantitative estimate of drug-likeness (QED) is 0.704. The number of nitrogens with zero attached hydrogens (tertiary/aromatic N) is 2. The summed E-state index contributed by atoms with van der Waals surface area (Å²) in [5, 5.41) is 1.16. The first-order valence-corrected chi connectivity index (χ1v) is 8.83. The summed E-state index contributed by atoms with van der Waals surface area (Å²) in [5.41, 5.74) is 1.84. The average Bonchev–Trinajstić information content (AvgIpc) is 3.06. The number of likely N-dealkylation sites (tertiary alicyclic amines) is 1. The molecule has 0 spiro atoms. The summed E-state index contributed by atoms with van der Waals surface area (Å²) in [6.45, 7) is 1.61. The van der Waals surface area contributed by atoms with Gasteiger partial charge in [-0.2, -0.15) is 0 Å². The van der Waals surface area contributed by atoms with Crippen molar-refractivity contribution in [1.82, 2.24) is 9.88 Å². The van der Waals surface area contributed by atoms with Gasteiger partial charge in [0.05, 0.1) is 15.2 Å². The molecule has 1 aromatic heterocycles. The van der Waals surface area contributed by atoms with Crippen LogP contribution in [0.1, 0.15) is 34.1 Å². The zero-order valence-electron chi connectivity index (χ0n) is 12.8. The number of carbonyl (C=O) groups is 1. The molecule has 23 heavy (non-hydrogen) atoms. The fourth-order valence-corrected chi connectivity index (χ4v) is 4.28. The van der Waals surface area contributed by atoms with Crippen molar-refractivity contribution >= 4 is 27.5 Å². The number of carbonyl (C=O) groups excluding carboxylic acids is 1. The van der Waals surface area contributed by atoms with E-state index in [-0.39, 0.29) is 5.91 Å². The van der Waals surface area contributed by atoms with Gasteiger partial charge in [-0.05, 0) is 37.1 Å². The van der Waals surface area contributed by atoms with E-state index in [4.69, 9.17) is 4.98 Å². The molecule has 2 heterocycles. The highest BCUT2D eigenvalue weighted by atomic mass is 32.1. The molecule has 1 aliphatic rings. The van der Waals surface area contributed by atoms with E-state index in [2.05, 4.69) is 18.2 Å².